The van der Waals surface area contributed by atoms with Crippen molar-refractivity contribution in [3.63, 3.8) is 0 Å². The largest absolute Gasteiger partial charge is 0.301 e. The van der Waals surface area contributed by atoms with Crippen LogP contribution in [-0.4, -0.2) is 108 Å². The van der Waals surface area contributed by atoms with Gasteiger partial charge in [-0.2, -0.15) is 0 Å². The van der Waals surface area contributed by atoms with Gasteiger partial charge in [-0.25, -0.2) is 51.3 Å². The van der Waals surface area contributed by atoms with Gasteiger partial charge in [0.15, 0.2) is 25.8 Å². The average molecular weight is 1920 g/mol. The van der Waals surface area contributed by atoms with Crippen molar-refractivity contribution in [2.75, 3.05) is 28.8 Å². The standard InChI is InChI=1S/C22H23FN2O2S.C21H21FN2O2S.C20H18F2N2O2S.2C20H21FN2O2S/c1-14(2)16-7-10-20-19(13-16)21(27)25-22(24-20)28-11-3-4-18(26)12-15-5-8-17(23)9-6-15;1-13-10-14(2)19-18(11-13)23-21(24-20(19)26)27-9-3-4-17(25)12-15-5-7-16(22)8-6-15;1-12-4-9-16-17(18(12)22)19(26)24-20(23-16)27-10-2-3-15(25)11-13-5-7-14(21)8-6-13;1-13-4-9-18-17(11-13)19(25)23-20(22-18)26-10-2-3-16(24)12-14-5-7-15(21)8-6-14;1-13-4-9-17-18(11-13)22-20(23-19(17)25)26-10-2-3-16(24)12-14-5-7-15(21)8-6-14/h5-10,13-14H,3-4,11-12H2,1-2H3,(H,24,25,27);5-8,10-11H,3-4,9,12H2,1-2H3,(H,23,24,26);4-9H,2-3,10-11H2,1H3,(H,23,24,26);2*5-8H,1-4,9-12H2,(H,22,23,25). The van der Waals surface area contributed by atoms with Gasteiger partial charge >= 0.3 is 0 Å². The topological polar surface area (TPSA) is 314 Å². The summed E-state index contributed by atoms with van der Waals surface area (Å²) in [5.74, 6) is 2.23. The molecule has 15 rings (SSSR count). The number of aromatic amines is 5. The minimum atomic E-state index is -0.552. The number of aryl methyl sites for hydroxylation is 4. The van der Waals surface area contributed by atoms with Crippen LogP contribution in [0.2, 0.25) is 0 Å². The number of benzene rings is 8. The number of thioether (sulfide) groups is 5. The van der Waals surface area contributed by atoms with E-state index in [2.05, 4.69) is 76.8 Å². The Hall–Kier alpha value is -11.9. The van der Waals surface area contributed by atoms with Crippen LogP contribution in [0.25, 0.3) is 32.7 Å². The fraction of sp³-hybridized carbons (Fsp3) is 0.311. The van der Waals surface area contributed by atoms with Gasteiger partial charge in [-0.15, -0.1) is 0 Å². The molecule has 0 fully saturated rings. The minimum absolute atomic E-state index is 0.0335. The smallest absolute Gasteiger partial charge is 0.262 e. The normalized spacial score (nSPS) is 12.1. The van der Waals surface area contributed by atoms with E-state index in [9.17, 15) is 74.3 Å². The highest BCUT2D eigenvalue weighted by molar-refractivity contribution is 8.00. The third-order valence-corrected chi connectivity index (χ3v) is 26.5. The summed E-state index contributed by atoms with van der Waals surface area (Å²) in [6.07, 6.45) is 11.6. The first-order chi connectivity index (χ1) is 64.3. The quantitative estimate of drug-likeness (QED) is 0.00801. The van der Waals surface area contributed by atoms with Gasteiger partial charge in [0, 0.05) is 117 Å². The van der Waals surface area contributed by atoms with E-state index in [-0.39, 0.29) is 92.0 Å². The van der Waals surface area contributed by atoms with Crippen LogP contribution in [0, 0.1) is 55.7 Å². The van der Waals surface area contributed by atoms with Gasteiger partial charge in [0.2, 0.25) is 0 Å². The molecule has 5 heterocycles. The maximum Gasteiger partial charge on any atom is 0.262 e. The summed E-state index contributed by atoms with van der Waals surface area (Å²) >= 11 is 7.13. The molecule has 0 bridgehead atoms. The van der Waals surface area contributed by atoms with E-state index in [1.165, 1.54) is 119 Å². The lowest BCUT2D eigenvalue weighted by atomic mass is 9.93. The van der Waals surface area contributed by atoms with E-state index >= 15 is 0 Å². The molecule has 0 aliphatic heterocycles. The molecule has 0 atom stereocenters. The Morgan fingerprint density at radius 3 is 1.09 bits per heavy atom. The minimum Gasteiger partial charge on any atom is -0.301 e. The van der Waals surface area contributed by atoms with E-state index in [0.29, 0.717) is 203 Å². The summed E-state index contributed by atoms with van der Waals surface area (Å²) in [7, 11) is 0. The monoisotopic (exact) mass is 1910 g/mol. The lowest BCUT2D eigenvalue weighted by molar-refractivity contribution is -0.119. The molecule has 0 radical (unpaired) electrons. The molecule has 0 saturated carbocycles. The van der Waals surface area contributed by atoms with Crippen LogP contribution in [0.15, 0.2) is 238 Å². The van der Waals surface area contributed by atoms with Crippen LogP contribution in [0.4, 0.5) is 26.3 Å². The molecule has 8 aromatic carbocycles. The average Bonchev–Trinajstić information content (AvgIpc) is 0.793. The molecule has 0 unspecified atom stereocenters. The summed E-state index contributed by atoms with van der Waals surface area (Å²) in [6.45, 7) is 17.6. The number of Topliss-reactive ketones (excluding diaryl/α,β-unsaturated/α-hetero) is 5. The number of hydrogen-bond donors (Lipinski definition) is 5. The second-order valence-corrected chi connectivity index (χ2v) is 38.4. The first-order valence-corrected chi connectivity index (χ1v) is 49.0. The first kappa shape index (κ1) is 103. The van der Waals surface area contributed by atoms with Crippen LogP contribution in [0.5, 0.6) is 0 Å². The fourth-order valence-corrected chi connectivity index (χ4v) is 18.7. The molecular weight excluding hydrogens is 1810 g/mol. The number of nitrogens with one attached hydrogen (secondary N) is 5. The number of H-pyrrole nitrogens is 5. The van der Waals surface area contributed by atoms with Gasteiger partial charge in [0.25, 0.3) is 27.8 Å². The maximum atomic E-state index is 14.1. The SMILES string of the molecule is C=C1CCc2c(nc(SCCCC(=O)Cc3ccc(F)cc3)[nH]c2=O)C1.C=C1CCc2nc(SCCCC(=O)Cc3ccc(F)cc3)[nH]c(=O)c2C1.CC(C)c1ccc2nc(SCCCC(=O)Cc3ccc(F)cc3)[nH]c(=O)c2c1.Cc1cc(C)c2c(=O)[nH]c(SCCCC(=O)Cc3ccc(F)cc3)nc2c1.Cc1ccc2nc(SCCCC(=O)Cc3ccc(F)cc3)[nH]c(=O)c2c1F. The molecule has 31 heteroatoms. The second kappa shape index (κ2) is 51.0. The van der Waals surface area contributed by atoms with Crippen molar-refractivity contribution in [3.8, 4) is 0 Å². The number of carbonyl (C=O) groups excluding carboxylic acids is 5. The molecular formula is C103H104F6N10O10S5. The summed E-state index contributed by atoms with van der Waals surface area (Å²) in [5, 5.41) is 3.96. The third kappa shape index (κ3) is 32.5. The second-order valence-electron chi connectivity index (χ2n) is 33.0. The summed E-state index contributed by atoms with van der Waals surface area (Å²) in [5.41, 5.74) is 13.8. The Morgan fingerprint density at radius 2 is 0.679 bits per heavy atom. The van der Waals surface area contributed by atoms with Crippen molar-refractivity contribution in [2.24, 2.45) is 0 Å². The lowest BCUT2D eigenvalue weighted by Gasteiger charge is -2.16. The van der Waals surface area contributed by atoms with Gasteiger partial charge < -0.3 is 24.9 Å². The number of halogens is 6. The van der Waals surface area contributed by atoms with E-state index in [4.69, 9.17) is 0 Å². The van der Waals surface area contributed by atoms with Gasteiger partial charge in [0.1, 0.15) is 69.2 Å². The molecule has 0 saturated heterocycles. The highest BCUT2D eigenvalue weighted by atomic mass is 32.2. The predicted molar refractivity (Wildman–Crippen MR) is 523 cm³/mol. The van der Waals surface area contributed by atoms with Crippen LogP contribution in [0.3, 0.4) is 0 Å². The molecule has 134 heavy (non-hydrogen) atoms. The molecule has 5 N–H and O–H groups in total. The number of aromatic nitrogens is 10. The van der Waals surface area contributed by atoms with Crippen molar-refractivity contribution in [1.29, 1.82) is 0 Å². The zero-order valence-corrected chi connectivity index (χ0v) is 79.2. The molecule has 20 nitrogen and oxygen atoms in total. The van der Waals surface area contributed by atoms with E-state index in [0.717, 1.165) is 97.4 Å². The molecule has 698 valence electrons. The predicted octanol–water partition coefficient (Wildman–Crippen LogP) is 20.7. The highest BCUT2D eigenvalue weighted by Gasteiger charge is 2.22. The molecule has 0 amide bonds. The number of rotatable bonds is 36. The van der Waals surface area contributed by atoms with Gasteiger partial charge in [-0.05, 0) is 219 Å². The molecule has 5 aromatic heterocycles. The van der Waals surface area contributed by atoms with Crippen LogP contribution in [-0.2, 0) is 81.8 Å². The number of allylic oxidation sites excluding steroid dienone is 2. The summed E-state index contributed by atoms with van der Waals surface area (Å²) in [4.78, 5) is 157. The van der Waals surface area contributed by atoms with Crippen molar-refractivity contribution < 1.29 is 50.3 Å². The molecule has 2 aliphatic rings. The lowest BCUT2D eigenvalue weighted by Crippen LogP contribution is -2.22. The fourth-order valence-electron chi connectivity index (χ4n) is 14.6. The Labute approximate surface area is 792 Å². The summed E-state index contributed by atoms with van der Waals surface area (Å²) in [6, 6.07) is 42.8. The Bertz CT molecular complexity index is 6690. The van der Waals surface area contributed by atoms with E-state index in [1.54, 1.807) is 79.7 Å². The van der Waals surface area contributed by atoms with Crippen LogP contribution >= 0.6 is 58.8 Å². The van der Waals surface area contributed by atoms with Gasteiger partial charge in [0.05, 0.1) is 38.7 Å². The van der Waals surface area contributed by atoms with Gasteiger partial charge in [-0.1, -0.05) is 176 Å². The molecule has 13 aromatic rings. The number of nitrogens with zero attached hydrogens (tertiary/aromatic N) is 5. The Morgan fingerprint density at radius 1 is 0.343 bits per heavy atom. The molecule has 2 aliphatic carbocycles. The van der Waals surface area contributed by atoms with Crippen molar-refractivity contribution in [3.05, 3.63) is 347 Å². The third-order valence-electron chi connectivity index (χ3n) is 21.7. The zero-order valence-electron chi connectivity index (χ0n) is 75.1. The van der Waals surface area contributed by atoms with E-state index < -0.39 is 11.4 Å². The van der Waals surface area contributed by atoms with E-state index in [1.807, 2.05) is 44.2 Å². The molecule has 0 spiro atoms. The number of fused-ring (bicyclic) bond motifs is 5. The van der Waals surface area contributed by atoms with Crippen LogP contribution < -0.4 is 27.8 Å². The number of hydrogen-bond acceptors (Lipinski definition) is 20. The number of ketones is 5. The zero-order chi connectivity index (χ0) is 95.9. The first-order valence-electron chi connectivity index (χ1n) is 44.1. The van der Waals surface area contributed by atoms with Crippen molar-refractivity contribution in [2.45, 2.75) is 201 Å². The van der Waals surface area contributed by atoms with Crippen molar-refractivity contribution >= 4 is 120 Å². The van der Waals surface area contributed by atoms with Crippen LogP contribution in [0.1, 0.15) is 169 Å². The summed E-state index contributed by atoms with van der Waals surface area (Å²) < 4.78 is 78.4. The highest BCUT2D eigenvalue weighted by Crippen LogP contribution is 2.29. The Kier molecular flexibility index (Phi) is 39.0. The van der Waals surface area contributed by atoms with Crippen molar-refractivity contribution in [1.82, 2.24) is 49.8 Å². The van der Waals surface area contributed by atoms with Gasteiger partial charge in [-0.3, -0.25) is 47.9 Å². The number of carbonyl (C=O) groups is 5. The maximum absolute atomic E-state index is 14.1. The Balaban J connectivity index is 0.000000161.